The zero-order valence-corrected chi connectivity index (χ0v) is 18.6. The predicted octanol–water partition coefficient (Wildman–Crippen LogP) is 5.15. The molecule has 2 aromatic carbocycles. The summed E-state index contributed by atoms with van der Waals surface area (Å²) in [6.07, 6.45) is -4.66. The molecule has 176 valence electrons. The van der Waals surface area contributed by atoms with Gasteiger partial charge in [-0.25, -0.2) is 4.79 Å². The molecule has 2 N–H and O–H groups in total. The van der Waals surface area contributed by atoms with Crippen molar-refractivity contribution in [2.45, 2.75) is 23.1 Å². The highest BCUT2D eigenvalue weighted by molar-refractivity contribution is 8.08. The van der Waals surface area contributed by atoms with Crippen LogP contribution in [0.1, 0.15) is 22.8 Å². The quantitative estimate of drug-likeness (QED) is 0.232. The summed E-state index contributed by atoms with van der Waals surface area (Å²) in [5.41, 5.74) is -2.65. The van der Waals surface area contributed by atoms with Crippen LogP contribution in [0.15, 0.2) is 36.4 Å². The Kier molecular flexibility index (Phi) is 4.89. The summed E-state index contributed by atoms with van der Waals surface area (Å²) in [5, 5.41) is 8.35. The number of hydrogen-bond acceptors (Lipinski definition) is 7. The molecule has 10 nitrogen and oxygen atoms in total. The van der Waals surface area contributed by atoms with E-state index in [2.05, 4.69) is 0 Å². The van der Waals surface area contributed by atoms with Gasteiger partial charge in [0.2, 0.25) is 0 Å². The van der Waals surface area contributed by atoms with Gasteiger partial charge in [-0.05, 0) is 31.2 Å². The summed E-state index contributed by atoms with van der Waals surface area (Å²) >= 11 is 5.81. The van der Waals surface area contributed by atoms with Gasteiger partial charge in [-0.3, -0.25) is 19.2 Å². The first-order chi connectivity index (χ1) is 15.0. The van der Waals surface area contributed by atoms with Gasteiger partial charge in [0.15, 0.2) is 4.90 Å². The zero-order chi connectivity index (χ0) is 24.8. The molecule has 0 aromatic heterocycles. The van der Waals surface area contributed by atoms with E-state index in [-0.39, 0.29) is 11.5 Å². The normalized spacial score (nSPS) is 32.0. The molecule has 2 aliphatic rings. The Bertz CT molecular complexity index is 1320. The number of carbonyl (C=O) groups excluding carboxylic acids is 1. The number of halogens is 4. The van der Waals surface area contributed by atoms with Gasteiger partial charge in [-0.1, -0.05) is 11.6 Å². The molecule has 2 atom stereocenters. The van der Waals surface area contributed by atoms with Gasteiger partial charge < -0.3 is 19.3 Å². The van der Waals surface area contributed by atoms with Crippen molar-refractivity contribution in [3.8, 4) is 11.5 Å². The molecule has 2 heterocycles. The number of hydrogen-bond donors (Lipinski definition) is 2. The van der Waals surface area contributed by atoms with Crippen molar-refractivity contribution in [1.29, 1.82) is 0 Å². The van der Waals surface area contributed by atoms with E-state index in [1.807, 2.05) is 0 Å². The van der Waals surface area contributed by atoms with Crippen LogP contribution in [-0.4, -0.2) is 30.7 Å². The first kappa shape index (κ1) is 23.7. The number of rotatable bonds is 5. The van der Waals surface area contributed by atoms with Crippen molar-refractivity contribution in [3.63, 3.8) is 0 Å². The Labute approximate surface area is 186 Å². The molecule has 2 fully saturated rings. The zero-order valence-electron chi connectivity index (χ0n) is 16.1. The lowest BCUT2D eigenvalue weighted by Gasteiger charge is -2.14. The summed E-state index contributed by atoms with van der Waals surface area (Å²) in [7, 11) is -8.64. The lowest BCUT2D eigenvalue weighted by molar-refractivity contribution is -0.385. The third-order valence-electron chi connectivity index (χ3n) is 5.63. The maximum Gasteiger partial charge on any atom is 0.416 e. The lowest BCUT2D eigenvalue weighted by Crippen LogP contribution is -2.14. The van der Waals surface area contributed by atoms with Gasteiger partial charge >= 0.3 is 12.1 Å². The van der Waals surface area contributed by atoms with Gasteiger partial charge in [0, 0.05) is 12.1 Å². The fraction of sp³-hybridized carbons (Fsp3) is 0.235. The van der Waals surface area contributed by atoms with Crippen molar-refractivity contribution in [2.24, 2.45) is 0 Å². The van der Waals surface area contributed by atoms with Gasteiger partial charge in [0.1, 0.15) is 17.1 Å². The van der Waals surface area contributed by atoms with Crippen LogP contribution in [-0.2, 0) is 20.0 Å². The van der Waals surface area contributed by atoms with E-state index in [0.29, 0.717) is 12.1 Å². The number of esters is 1. The van der Waals surface area contributed by atoms with E-state index in [0.717, 1.165) is 31.2 Å². The second-order valence-electron chi connectivity index (χ2n) is 7.35. The molecule has 4 rings (SSSR count). The van der Waals surface area contributed by atoms with E-state index in [9.17, 15) is 47.0 Å². The van der Waals surface area contributed by atoms with Gasteiger partial charge in [-0.2, -0.15) is 13.2 Å². The van der Waals surface area contributed by atoms with Gasteiger partial charge in [0.05, 0.1) is 15.5 Å². The number of fused-ring (bicyclic) bond motifs is 1. The Hall–Kier alpha value is -2.43. The number of ether oxygens (including phenoxy) is 2. The fourth-order valence-corrected chi connectivity index (χ4v) is 12.3. The average Bonchev–Trinajstić information content (AvgIpc) is 3.32. The highest BCUT2D eigenvalue weighted by atomic mass is 35.5. The molecule has 0 radical (unpaired) electrons. The Morgan fingerprint density at radius 3 is 2.21 bits per heavy atom. The van der Waals surface area contributed by atoms with Crippen LogP contribution >= 0.6 is 26.3 Å². The van der Waals surface area contributed by atoms with Crippen LogP contribution in [0.5, 0.6) is 11.5 Å². The minimum absolute atomic E-state index is 0.270. The Morgan fingerprint density at radius 2 is 1.76 bits per heavy atom. The van der Waals surface area contributed by atoms with Crippen molar-refractivity contribution in [3.05, 3.63) is 62.7 Å². The van der Waals surface area contributed by atoms with Crippen LogP contribution < -0.4 is 4.74 Å². The van der Waals surface area contributed by atoms with Gasteiger partial charge in [-0.15, -0.1) is 0 Å². The second-order valence-corrected chi connectivity index (χ2v) is 13.8. The van der Waals surface area contributed by atoms with E-state index in [1.54, 1.807) is 0 Å². The molecular weight excluding hydrogens is 517 g/mol. The molecule has 0 spiro atoms. The van der Waals surface area contributed by atoms with Crippen LogP contribution in [0.4, 0.5) is 18.9 Å². The summed E-state index contributed by atoms with van der Waals surface area (Å²) in [6, 6.07) is 4.80. The summed E-state index contributed by atoms with van der Waals surface area (Å²) in [6.45, 7) is 0.988. The predicted molar refractivity (Wildman–Crippen MR) is 106 cm³/mol. The third kappa shape index (κ3) is 2.93. The standard InChI is InChI=1S/C17H11ClF3NO9P2/c1-15-17(32(15,26)27,33(15,28)29)31-14(23)10-7-9(3-4-12(10)22(24)25)30-13-5-2-8(6-11(13)18)16(19,20)21/h2-7H,1H3,(H,26,27)(H,28,29). The molecule has 2 saturated heterocycles. The van der Waals surface area contributed by atoms with Crippen molar-refractivity contribution < 1.29 is 51.3 Å². The smallest absolute Gasteiger partial charge is 0.416 e. The topological polar surface area (TPSA) is 153 Å². The van der Waals surface area contributed by atoms with E-state index < -0.39 is 63.6 Å². The van der Waals surface area contributed by atoms with E-state index in [4.69, 9.17) is 21.1 Å². The van der Waals surface area contributed by atoms with Crippen LogP contribution in [0.25, 0.3) is 0 Å². The van der Waals surface area contributed by atoms with E-state index >= 15 is 0 Å². The molecule has 2 aliphatic heterocycles. The highest BCUT2D eigenvalue weighted by Crippen LogP contribution is 3.22. The average molecular weight is 528 g/mol. The molecular formula is C17H11ClF3NO9P2. The first-order valence-corrected chi connectivity index (χ1v) is 12.4. The molecule has 0 amide bonds. The molecule has 0 saturated carbocycles. The summed E-state index contributed by atoms with van der Waals surface area (Å²) < 4.78 is 72.7. The van der Waals surface area contributed by atoms with Crippen molar-refractivity contribution in [2.75, 3.05) is 0 Å². The van der Waals surface area contributed by atoms with Crippen molar-refractivity contribution >= 4 is 38.0 Å². The second kappa shape index (κ2) is 6.80. The molecule has 0 aliphatic carbocycles. The van der Waals surface area contributed by atoms with E-state index in [1.165, 1.54) is 0 Å². The number of carbonyl (C=O) groups is 1. The maximum absolute atomic E-state index is 12.8. The molecule has 2 aromatic rings. The molecule has 0 bridgehead atoms. The SMILES string of the molecule is CC12C(OC(=O)c3cc(Oc4ccc(C(F)(F)F)cc4Cl)ccc3[N+](=O)[O-])(P1(=O)O)P2(=O)O. The summed E-state index contributed by atoms with van der Waals surface area (Å²) in [4.78, 5) is 40.6. The minimum atomic E-state index is -4.66. The third-order valence-corrected chi connectivity index (χ3v) is 14.8. The Balaban J connectivity index is 1.65. The van der Waals surface area contributed by atoms with Crippen LogP contribution in [0.2, 0.25) is 5.02 Å². The highest BCUT2D eigenvalue weighted by Gasteiger charge is 3.18. The largest absolute Gasteiger partial charge is 0.456 e. The molecule has 16 heteroatoms. The van der Waals surface area contributed by atoms with Crippen LogP contribution in [0, 0.1) is 10.1 Å². The first-order valence-electron chi connectivity index (χ1n) is 8.75. The van der Waals surface area contributed by atoms with Crippen molar-refractivity contribution in [1.82, 2.24) is 0 Å². The molecule has 2 unspecified atom stereocenters. The lowest BCUT2D eigenvalue weighted by atomic mass is 10.1. The number of nitro groups is 1. The molecule has 33 heavy (non-hydrogen) atoms. The fourth-order valence-electron chi connectivity index (χ4n) is 3.58. The summed E-state index contributed by atoms with van der Waals surface area (Å²) in [5.74, 6) is -2.08. The maximum atomic E-state index is 12.8. The monoisotopic (exact) mass is 527 g/mol. The minimum Gasteiger partial charge on any atom is -0.456 e. The number of benzene rings is 2. The number of nitrogens with zero attached hydrogens (tertiary/aromatic N) is 1. The van der Waals surface area contributed by atoms with Crippen LogP contribution in [0.3, 0.4) is 0 Å². The Morgan fingerprint density at radius 1 is 1.15 bits per heavy atom. The number of nitro benzene ring substituents is 1. The van der Waals surface area contributed by atoms with Gasteiger partial charge in [0.25, 0.3) is 25.5 Å². The number of alkyl halides is 3.